The van der Waals surface area contributed by atoms with E-state index in [1.165, 1.54) is 0 Å². The summed E-state index contributed by atoms with van der Waals surface area (Å²) in [6.07, 6.45) is -0.672. The minimum Gasteiger partial charge on any atom is -0.480 e. The molecule has 0 rings (SSSR count). The van der Waals surface area contributed by atoms with Gasteiger partial charge in [0.25, 0.3) is 0 Å². The van der Waals surface area contributed by atoms with Crippen molar-refractivity contribution in [3.05, 3.63) is 4.91 Å². The van der Waals surface area contributed by atoms with Gasteiger partial charge < -0.3 is 26.2 Å². The van der Waals surface area contributed by atoms with E-state index in [0.29, 0.717) is 11.9 Å². The van der Waals surface area contributed by atoms with Gasteiger partial charge in [-0.2, -0.15) is 0 Å². The number of hydrogen-bond donors (Lipinski definition) is 4. The molecule has 11 nitrogen and oxygen atoms in total. The summed E-state index contributed by atoms with van der Waals surface area (Å²) in [6.45, 7) is 2.90. The summed E-state index contributed by atoms with van der Waals surface area (Å²) in [6, 6.07) is -2.32. The molecule has 0 saturated carbocycles. The lowest BCUT2D eigenvalue weighted by molar-refractivity contribution is -0.147. The van der Waals surface area contributed by atoms with Crippen molar-refractivity contribution in [2.75, 3.05) is 12.3 Å². The number of esters is 1. The minimum atomic E-state index is -1.24. The van der Waals surface area contributed by atoms with Crippen LogP contribution in [0.3, 0.4) is 0 Å². The number of nitrogens with one attached hydrogen (secondary N) is 2. The highest BCUT2D eigenvalue weighted by atomic mass is 32.2. The maximum absolute atomic E-state index is 12.0. The first-order valence-corrected chi connectivity index (χ1v) is 8.31. The first-order chi connectivity index (χ1) is 11.7. The standard InChI is InChI=1S/C13H22N4O7S/c1-7(2)24-11(19)5-15-12(20)9(6-25-17-23)16-10(18)4-3-8(14)13(21)22/h7-9H,3-6,14H2,1-2H3,(H,15,20)(H,16,18)(H,21,22). The van der Waals surface area contributed by atoms with Crippen LogP contribution in [0.1, 0.15) is 26.7 Å². The molecule has 5 N–H and O–H groups in total. The molecule has 2 amide bonds. The van der Waals surface area contributed by atoms with Crippen LogP contribution in [0.2, 0.25) is 0 Å². The normalized spacial score (nSPS) is 12.8. The molecular weight excluding hydrogens is 356 g/mol. The molecule has 25 heavy (non-hydrogen) atoms. The predicted molar refractivity (Wildman–Crippen MR) is 89.3 cm³/mol. The molecular formula is C13H22N4O7S. The Morgan fingerprint density at radius 3 is 2.44 bits per heavy atom. The number of ether oxygens (including phenoxy) is 1. The highest BCUT2D eigenvalue weighted by Gasteiger charge is 2.23. The lowest BCUT2D eigenvalue weighted by Crippen LogP contribution is -2.49. The van der Waals surface area contributed by atoms with Crippen LogP contribution in [0.15, 0.2) is 4.58 Å². The van der Waals surface area contributed by atoms with Crippen molar-refractivity contribution in [1.82, 2.24) is 10.6 Å². The molecule has 0 spiro atoms. The molecule has 142 valence electrons. The summed E-state index contributed by atoms with van der Waals surface area (Å²) >= 11 is 0.520. The van der Waals surface area contributed by atoms with Gasteiger partial charge in [-0.3, -0.25) is 19.2 Å². The Morgan fingerprint density at radius 1 is 1.28 bits per heavy atom. The van der Waals surface area contributed by atoms with E-state index in [2.05, 4.69) is 15.2 Å². The summed E-state index contributed by atoms with van der Waals surface area (Å²) in [5.41, 5.74) is 5.29. The SMILES string of the molecule is CC(C)OC(=O)CNC(=O)C(CSN=O)NC(=O)CCC(N)C(=O)O. The zero-order valence-electron chi connectivity index (χ0n) is 13.9. The molecule has 0 aliphatic rings. The summed E-state index contributed by atoms with van der Waals surface area (Å²) in [4.78, 5) is 56.0. The Labute approximate surface area is 148 Å². The number of carboxylic acids is 1. The van der Waals surface area contributed by atoms with Gasteiger partial charge in [-0.15, -0.1) is 4.91 Å². The number of nitrogens with zero attached hydrogens (tertiary/aromatic N) is 1. The summed E-state index contributed by atoms with van der Waals surface area (Å²) in [5.74, 6) is -3.36. The number of aliphatic carboxylic acids is 1. The van der Waals surface area contributed by atoms with Gasteiger partial charge >= 0.3 is 11.9 Å². The second-order valence-corrected chi connectivity index (χ2v) is 5.97. The Balaban J connectivity index is 4.53. The maximum Gasteiger partial charge on any atom is 0.325 e. The minimum absolute atomic E-state index is 0.116. The van der Waals surface area contributed by atoms with E-state index in [1.54, 1.807) is 13.8 Å². The second-order valence-electron chi connectivity index (χ2n) is 5.23. The van der Waals surface area contributed by atoms with Gasteiger partial charge in [0.15, 0.2) is 0 Å². The third-order valence-corrected chi connectivity index (χ3v) is 3.31. The van der Waals surface area contributed by atoms with Gasteiger partial charge in [0.05, 0.1) is 6.10 Å². The molecule has 0 aromatic carbocycles. The zero-order chi connectivity index (χ0) is 19.4. The molecule has 0 aromatic rings. The lowest BCUT2D eigenvalue weighted by Gasteiger charge is -2.17. The molecule has 0 radical (unpaired) electrons. The van der Waals surface area contributed by atoms with Crippen molar-refractivity contribution in [1.29, 1.82) is 0 Å². The van der Waals surface area contributed by atoms with E-state index in [9.17, 15) is 24.1 Å². The van der Waals surface area contributed by atoms with Crippen LogP contribution in [0.5, 0.6) is 0 Å². The fourth-order valence-electron chi connectivity index (χ4n) is 1.55. The lowest BCUT2D eigenvalue weighted by atomic mass is 10.1. The number of carboxylic acid groups (broad SMARTS) is 1. The third kappa shape index (κ3) is 11.1. The monoisotopic (exact) mass is 378 g/mol. The van der Waals surface area contributed by atoms with Crippen LogP contribution in [-0.4, -0.2) is 59.3 Å². The largest absolute Gasteiger partial charge is 0.480 e. The number of carbonyl (C=O) groups is 4. The highest BCUT2D eigenvalue weighted by Crippen LogP contribution is 2.05. The van der Waals surface area contributed by atoms with Crippen molar-refractivity contribution in [3.63, 3.8) is 0 Å². The Kier molecular flexibility index (Phi) is 11.1. The second kappa shape index (κ2) is 12.2. The van der Waals surface area contributed by atoms with Crippen LogP contribution >= 0.6 is 11.9 Å². The van der Waals surface area contributed by atoms with E-state index in [1.807, 2.05) is 0 Å². The number of amides is 2. The zero-order valence-corrected chi connectivity index (χ0v) is 14.7. The molecule has 0 fully saturated rings. The first kappa shape index (κ1) is 22.8. The number of nitroso groups, excluding NO2 is 1. The average Bonchev–Trinajstić information content (AvgIpc) is 2.53. The molecule has 2 unspecified atom stereocenters. The molecule has 0 saturated heterocycles. The fraction of sp³-hybridized carbons (Fsp3) is 0.692. The van der Waals surface area contributed by atoms with Crippen LogP contribution in [0, 0.1) is 4.91 Å². The first-order valence-electron chi connectivity index (χ1n) is 7.36. The van der Waals surface area contributed by atoms with Gasteiger partial charge in [-0.05, 0) is 20.3 Å². The summed E-state index contributed by atoms with van der Waals surface area (Å²) in [5, 5.41) is 13.3. The van der Waals surface area contributed by atoms with Gasteiger partial charge in [0.2, 0.25) is 11.8 Å². The quantitative estimate of drug-likeness (QED) is 0.191. The average molecular weight is 378 g/mol. The number of nitrogens with two attached hydrogens (primary N) is 1. The molecule has 0 bridgehead atoms. The molecule has 0 heterocycles. The number of rotatable bonds is 12. The Hall–Kier alpha value is -2.21. The molecule has 0 aliphatic carbocycles. The molecule has 12 heteroatoms. The third-order valence-electron chi connectivity index (χ3n) is 2.72. The topological polar surface area (TPSA) is 177 Å². The van der Waals surface area contributed by atoms with Crippen LogP contribution in [0.4, 0.5) is 0 Å². The summed E-state index contributed by atoms with van der Waals surface area (Å²) < 4.78 is 7.39. The van der Waals surface area contributed by atoms with Crippen LogP contribution in [-0.2, 0) is 23.9 Å². The van der Waals surface area contributed by atoms with Gasteiger partial charge in [-0.1, -0.05) is 0 Å². The van der Waals surface area contributed by atoms with E-state index in [0.717, 1.165) is 0 Å². The molecule has 2 atom stereocenters. The van der Waals surface area contributed by atoms with Crippen LogP contribution < -0.4 is 16.4 Å². The smallest absolute Gasteiger partial charge is 0.325 e. The van der Waals surface area contributed by atoms with Gasteiger partial charge in [0, 0.05) is 28.7 Å². The van der Waals surface area contributed by atoms with Gasteiger partial charge in [0.1, 0.15) is 18.6 Å². The van der Waals surface area contributed by atoms with Crippen molar-refractivity contribution >= 4 is 35.7 Å². The predicted octanol–water partition coefficient (Wildman–Crippen LogP) is -0.854. The van der Waals surface area contributed by atoms with E-state index >= 15 is 0 Å². The highest BCUT2D eigenvalue weighted by molar-refractivity contribution is 7.97. The Morgan fingerprint density at radius 2 is 1.92 bits per heavy atom. The molecule has 0 aromatic heterocycles. The van der Waals surface area contributed by atoms with Crippen molar-refractivity contribution in [2.45, 2.75) is 44.9 Å². The van der Waals surface area contributed by atoms with Gasteiger partial charge in [-0.25, -0.2) is 0 Å². The van der Waals surface area contributed by atoms with Crippen LogP contribution in [0.25, 0.3) is 0 Å². The molecule has 0 aliphatic heterocycles. The van der Waals surface area contributed by atoms with Crippen molar-refractivity contribution in [2.24, 2.45) is 10.3 Å². The maximum atomic E-state index is 12.0. The van der Waals surface area contributed by atoms with E-state index < -0.39 is 42.4 Å². The van der Waals surface area contributed by atoms with Crippen molar-refractivity contribution < 1.29 is 29.0 Å². The van der Waals surface area contributed by atoms with Crippen molar-refractivity contribution in [3.8, 4) is 0 Å². The number of carbonyl (C=O) groups excluding carboxylic acids is 3. The fourth-order valence-corrected chi connectivity index (χ4v) is 2.00. The number of hydrogen-bond acceptors (Lipinski definition) is 9. The van der Waals surface area contributed by atoms with E-state index in [-0.39, 0.29) is 24.7 Å². The Bertz CT molecular complexity index is 501. The van der Waals surface area contributed by atoms with E-state index in [4.69, 9.17) is 15.6 Å². The summed E-state index contributed by atoms with van der Waals surface area (Å²) in [7, 11) is 0.